The molecule has 88 valence electrons. The molecule has 0 spiro atoms. The van der Waals surface area contributed by atoms with Gasteiger partial charge in [0.05, 0.1) is 4.92 Å². The minimum Gasteiger partial charge on any atom is -0.258 e. The van der Waals surface area contributed by atoms with Crippen LogP contribution in [-0.2, 0) is 6.42 Å². The van der Waals surface area contributed by atoms with E-state index in [2.05, 4.69) is 4.98 Å². The van der Waals surface area contributed by atoms with Crippen molar-refractivity contribution in [1.29, 1.82) is 5.26 Å². The van der Waals surface area contributed by atoms with Gasteiger partial charge in [-0.1, -0.05) is 18.2 Å². The van der Waals surface area contributed by atoms with E-state index in [1.807, 2.05) is 12.1 Å². The molecule has 0 saturated carbocycles. The molecule has 0 bridgehead atoms. The average molecular weight is 239 g/mol. The number of aromatic nitrogens is 1. The van der Waals surface area contributed by atoms with Gasteiger partial charge in [0.15, 0.2) is 0 Å². The Labute approximate surface area is 103 Å². The summed E-state index contributed by atoms with van der Waals surface area (Å²) in [5.74, 6) is 0. The molecule has 2 aromatic rings. The van der Waals surface area contributed by atoms with Crippen molar-refractivity contribution in [3.8, 4) is 6.07 Å². The van der Waals surface area contributed by atoms with Crippen molar-refractivity contribution < 1.29 is 4.92 Å². The second-order valence-electron chi connectivity index (χ2n) is 3.72. The lowest BCUT2D eigenvalue weighted by Gasteiger charge is -2.02. The first-order chi connectivity index (χ1) is 8.70. The quantitative estimate of drug-likeness (QED) is 0.608. The van der Waals surface area contributed by atoms with Gasteiger partial charge in [0, 0.05) is 24.8 Å². The Morgan fingerprint density at radius 2 is 2.00 bits per heavy atom. The summed E-state index contributed by atoms with van der Waals surface area (Å²) in [6, 6.07) is 11.9. The van der Waals surface area contributed by atoms with Crippen LogP contribution in [0, 0.1) is 21.4 Å². The number of benzene rings is 1. The smallest absolute Gasteiger partial charge is 0.258 e. The van der Waals surface area contributed by atoms with Crippen molar-refractivity contribution >= 4 is 5.69 Å². The first kappa shape index (κ1) is 11.7. The Balaban J connectivity index is 2.24. The lowest BCUT2D eigenvalue weighted by molar-refractivity contribution is -0.384. The van der Waals surface area contributed by atoms with Gasteiger partial charge in [-0.2, -0.15) is 5.26 Å². The zero-order chi connectivity index (χ0) is 13.0. The van der Waals surface area contributed by atoms with E-state index in [-0.39, 0.29) is 5.69 Å². The van der Waals surface area contributed by atoms with E-state index in [4.69, 9.17) is 5.26 Å². The normalized spacial score (nSPS) is 9.72. The number of nitrogens with zero attached hydrogens (tertiary/aromatic N) is 3. The number of pyridine rings is 1. The van der Waals surface area contributed by atoms with Crippen LogP contribution in [0.25, 0.3) is 0 Å². The van der Waals surface area contributed by atoms with Crippen LogP contribution in [0.4, 0.5) is 5.69 Å². The fraction of sp³-hybridized carbons (Fsp3) is 0.0769. The zero-order valence-electron chi connectivity index (χ0n) is 9.41. The van der Waals surface area contributed by atoms with E-state index < -0.39 is 4.92 Å². The largest absolute Gasteiger partial charge is 0.269 e. The van der Waals surface area contributed by atoms with Crippen molar-refractivity contribution in [1.82, 2.24) is 4.98 Å². The van der Waals surface area contributed by atoms with Crippen LogP contribution in [0.1, 0.15) is 16.8 Å². The van der Waals surface area contributed by atoms with E-state index in [1.54, 1.807) is 24.4 Å². The molecule has 0 fully saturated rings. The predicted octanol–water partition coefficient (Wildman–Crippen LogP) is 2.45. The standard InChI is InChI=1S/C13H9N3O2/c14-9-13-11(2-1-7-15-13)8-10-3-5-12(6-4-10)16(17)18/h1-7H,8H2. The average Bonchev–Trinajstić information content (AvgIpc) is 2.40. The van der Waals surface area contributed by atoms with E-state index in [0.717, 1.165) is 11.1 Å². The van der Waals surface area contributed by atoms with E-state index in [1.165, 1.54) is 12.1 Å². The van der Waals surface area contributed by atoms with Gasteiger partial charge < -0.3 is 0 Å². The lowest BCUT2D eigenvalue weighted by atomic mass is 10.0. The highest BCUT2D eigenvalue weighted by molar-refractivity contribution is 5.38. The molecule has 5 heteroatoms. The van der Waals surface area contributed by atoms with Gasteiger partial charge in [0.2, 0.25) is 0 Å². The van der Waals surface area contributed by atoms with Gasteiger partial charge in [0.1, 0.15) is 11.8 Å². The molecule has 0 aliphatic rings. The fourth-order valence-corrected chi connectivity index (χ4v) is 1.64. The maximum absolute atomic E-state index is 10.5. The minimum absolute atomic E-state index is 0.0606. The van der Waals surface area contributed by atoms with E-state index >= 15 is 0 Å². The number of nitro groups is 1. The Morgan fingerprint density at radius 3 is 2.61 bits per heavy atom. The topological polar surface area (TPSA) is 79.8 Å². The van der Waals surface area contributed by atoms with Gasteiger partial charge in [-0.05, 0) is 17.2 Å². The summed E-state index contributed by atoms with van der Waals surface area (Å²) < 4.78 is 0. The zero-order valence-corrected chi connectivity index (χ0v) is 9.41. The Kier molecular flexibility index (Phi) is 3.30. The van der Waals surface area contributed by atoms with Crippen LogP contribution < -0.4 is 0 Å². The summed E-state index contributed by atoms with van der Waals surface area (Å²) >= 11 is 0. The summed E-state index contributed by atoms with van der Waals surface area (Å²) in [4.78, 5) is 14.1. The molecule has 5 nitrogen and oxygen atoms in total. The molecule has 1 aromatic carbocycles. The SMILES string of the molecule is N#Cc1ncccc1Cc1ccc([N+](=O)[O-])cc1. The first-order valence-corrected chi connectivity index (χ1v) is 5.28. The second kappa shape index (κ2) is 5.06. The maximum Gasteiger partial charge on any atom is 0.269 e. The number of rotatable bonds is 3. The second-order valence-corrected chi connectivity index (χ2v) is 3.72. The number of hydrogen-bond donors (Lipinski definition) is 0. The van der Waals surface area contributed by atoms with Crippen LogP contribution >= 0.6 is 0 Å². The number of hydrogen-bond acceptors (Lipinski definition) is 4. The molecule has 0 aliphatic heterocycles. The molecular weight excluding hydrogens is 230 g/mol. The number of non-ortho nitro benzene ring substituents is 1. The molecule has 2 rings (SSSR count). The lowest BCUT2D eigenvalue weighted by Crippen LogP contribution is -1.95. The Morgan fingerprint density at radius 1 is 1.28 bits per heavy atom. The molecular formula is C13H9N3O2. The van der Waals surface area contributed by atoms with Crippen molar-refractivity contribution in [2.45, 2.75) is 6.42 Å². The molecule has 0 radical (unpaired) electrons. The first-order valence-electron chi connectivity index (χ1n) is 5.28. The monoisotopic (exact) mass is 239 g/mol. The summed E-state index contributed by atoms with van der Waals surface area (Å²) in [5, 5.41) is 19.4. The molecule has 0 unspecified atom stereocenters. The van der Waals surface area contributed by atoms with Crippen LogP contribution in [0.2, 0.25) is 0 Å². The summed E-state index contributed by atoms with van der Waals surface area (Å²) in [7, 11) is 0. The highest BCUT2D eigenvalue weighted by Crippen LogP contribution is 2.16. The van der Waals surface area contributed by atoms with Gasteiger partial charge in [0.25, 0.3) is 5.69 Å². The van der Waals surface area contributed by atoms with Crippen LogP contribution in [0.15, 0.2) is 42.6 Å². The Hall–Kier alpha value is -2.74. The molecule has 1 aromatic heterocycles. The molecule has 0 amide bonds. The van der Waals surface area contributed by atoms with Crippen molar-refractivity contribution in [3.05, 3.63) is 69.5 Å². The minimum atomic E-state index is -0.436. The van der Waals surface area contributed by atoms with Crippen LogP contribution in [-0.4, -0.2) is 9.91 Å². The van der Waals surface area contributed by atoms with E-state index in [0.29, 0.717) is 12.1 Å². The van der Waals surface area contributed by atoms with Crippen molar-refractivity contribution in [2.75, 3.05) is 0 Å². The third-order valence-corrected chi connectivity index (χ3v) is 2.54. The number of nitro benzene ring substituents is 1. The summed E-state index contributed by atoms with van der Waals surface area (Å²) in [6.45, 7) is 0. The van der Waals surface area contributed by atoms with Gasteiger partial charge >= 0.3 is 0 Å². The maximum atomic E-state index is 10.5. The fourth-order valence-electron chi connectivity index (χ4n) is 1.64. The van der Waals surface area contributed by atoms with Crippen LogP contribution in [0.3, 0.4) is 0 Å². The molecule has 0 aliphatic carbocycles. The Bertz CT molecular complexity index is 615. The molecule has 18 heavy (non-hydrogen) atoms. The third-order valence-electron chi connectivity index (χ3n) is 2.54. The van der Waals surface area contributed by atoms with Gasteiger partial charge in [-0.15, -0.1) is 0 Å². The third kappa shape index (κ3) is 2.50. The molecule has 0 atom stereocenters. The van der Waals surface area contributed by atoms with E-state index in [9.17, 15) is 10.1 Å². The summed E-state index contributed by atoms with van der Waals surface area (Å²) in [6.07, 6.45) is 2.10. The van der Waals surface area contributed by atoms with Gasteiger partial charge in [-0.3, -0.25) is 10.1 Å². The van der Waals surface area contributed by atoms with Crippen LogP contribution in [0.5, 0.6) is 0 Å². The highest BCUT2D eigenvalue weighted by Gasteiger charge is 2.06. The van der Waals surface area contributed by atoms with Crippen molar-refractivity contribution in [3.63, 3.8) is 0 Å². The highest BCUT2D eigenvalue weighted by atomic mass is 16.6. The summed E-state index contributed by atoms with van der Waals surface area (Å²) in [5.41, 5.74) is 2.17. The number of nitriles is 1. The predicted molar refractivity (Wildman–Crippen MR) is 64.9 cm³/mol. The molecule has 0 N–H and O–H groups in total. The van der Waals surface area contributed by atoms with Gasteiger partial charge in [-0.25, -0.2) is 4.98 Å². The molecule has 0 saturated heterocycles. The molecule has 1 heterocycles. The van der Waals surface area contributed by atoms with Crippen molar-refractivity contribution in [2.24, 2.45) is 0 Å².